The number of aliphatic hydroxyl groups is 1. The zero-order valence-electron chi connectivity index (χ0n) is 9.56. The Bertz CT molecular complexity index is 578. The van der Waals surface area contributed by atoms with Crippen molar-refractivity contribution >= 4 is 9.84 Å². The first-order valence-corrected chi connectivity index (χ1v) is 7.22. The van der Waals surface area contributed by atoms with Crippen molar-refractivity contribution in [2.24, 2.45) is 0 Å². The second kappa shape index (κ2) is 5.32. The molecule has 5 nitrogen and oxygen atoms in total. The minimum absolute atomic E-state index is 0.229. The van der Waals surface area contributed by atoms with Crippen LogP contribution in [-0.4, -0.2) is 24.4 Å². The molecule has 0 aliphatic rings. The summed E-state index contributed by atoms with van der Waals surface area (Å²) in [5.41, 5.74) is 0.927. The number of benzene rings is 1. The molecule has 0 bridgehead atoms. The van der Waals surface area contributed by atoms with Gasteiger partial charge in [-0.15, -0.1) is 0 Å². The van der Waals surface area contributed by atoms with Gasteiger partial charge < -0.3 is 9.63 Å². The molecule has 0 saturated carbocycles. The summed E-state index contributed by atoms with van der Waals surface area (Å²) in [6.45, 7) is 0. The van der Waals surface area contributed by atoms with Gasteiger partial charge in [0.2, 0.25) is 0 Å². The normalized spacial score (nSPS) is 13.4. The van der Waals surface area contributed by atoms with Crippen LogP contribution in [-0.2, 0) is 15.6 Å². The molecule has 0 aliphatic heterocycles. The molecule has 1 atom stereocenters. The van der Waals surface area contributed by atoms with Crippen molar-refractivity contribution in [3.8, 4) is 0 Å². The van der Waals surface area contributed by atoms with E-state index in [0.717, 1.165) is 0 Å². The van der Waals surface area contributed by atoms with Crippen LogP contribution in [0.1, 0.15) is 17.4 Å². The molecule has 0 amide bonds. The summed E-state index contributed by atoms with van der Waals surface area (Å²) in [5.74, 6) is -0.558. The smallest absolute Gasteiger partial charge is 0.159 e. The summed E-state index contributed by atoms with van der Waals surface area (Å²) in [5, 5.41) is 13.4. The molecular formula is C12H13NO4S. The Labute approximate surface area is 105 Å². The van der Waals surface area contributed by atoms with Crippen LogP contribution in [0, 0.1) is 0 Å². The van der Waals surface area contributed by atoms with Crippen LogP contribution in [0.2, 0.25) is 0 Å². The van der Waals surface area contributed by atoms with E-state index >= 15 is 0 Å². The number of aliphatic hydroxyl groups excluding tert-OH is 1. The standard InChI is InChI=1S/C12H13NO4S/c14-12(10-4-2-1-3-5-10)9-18(15,16)8-11-6-7-17-13-11/h1-7,12,14H,8-9H2. The highest BCUT2D eigenvalue weighted by atomic mass is 32.2. The zero-order valence-corrected chi connectivity index (χ0v) is 10.4. The molecule has 96 valence electrons. The van der Waals surface area contributed by atoms with Crippen molar-refractivity contribution in [2.45, 2.75) is 11.9 Å². The fourth-order valence-corrected chi connectivity index (χ4v) is 3.00. The minimum atomic E-state index is -3.42. The monoisotopic (exact) mass is 267 g/mol. The highest BCUT2D eigenvalue weighted by Crippen LogP contribution is 2.16. The lowest BCUT2D eigenvalue weighted by Crippen LogP contribution is -2.16. The molecule has 0 fully saturated rings. The van der Waals surface area contributed by atoms with Crippen molar-refractivity contribution in [1.82, 2.24) is 5.16 Å². The summed E-state index contributed by atoms with van der Waals surface area (Å²) < 4.78 is 28.3. The van der Waals surface area contributed by atoms with E-state index in [2.05, 4.69) is 9.68 Å². The first-order valence-electron chi connectivity index (χ1n) is 5.39. The summed E-state index contributed by atoms with van der Waals surface area (Å²) in [7, 11) is -3.42. The molecule has 1 N–H and O–H groups in total. The quantitative estimate of drug-likeness (QED) is 0.883. The van der Waals surface area contributed by atoms with Crippen molar-refractivity contribution in [3.05, 3.63) is 53.9 Å². The maximum atomic E-state index is 11.8. The number of nitrogens with zero attached hydrogens (tertiary/aromatic N) is 1. The zero-order chi connectivity index (χ0) is 13.0. The SMILES string of the molecule is O=S(=O)(Cc1ccon1)CC(O)c1ccccc1. The van der Waals surface area contributed by atoms with Crippen molar-refractivity contribution in [2.75, 3.05) is 5.75 Å². The minimum Gasteiger partial charge on any atom is -0.387 e. The summed E-state index contributed by atoms with van der Waals surface area (Å²) in [4.78, 5) is 0. The van der Waals surface area contributed by atoms with Crippen LogP contribution in [0.4, 0.5) is 0 Å². The third-order valence-corrected chi connectivity index (χ3v) is 4.01. The predicted octanol–water partition coefficient (Wildman–Crippen LogP) is 1.32. The lowest BCUT2D eigenvalue weighted by atomic mass is 10.1. The molecule has 0 spiro atoms. The number of hydrogen-bond donors (Lipinski definition) is 1. The molecular weight excluding hydrogens is 254 g/mol. The molecule has 1 unspecified atom stereocenters. The van der Waals surface area contributed by atoms with Crippen LogP contribution < -0.4 is 0 Å². The largest absolute Gasteiger partial charge is 0.387 e. The molecule has 6 heteroatoms. The van der Waals surface area contributed by atoms with Crippen LogP contribution in [0.3, 0.4) is 0 Å². The first-order chi connectivity index (χ1) is 8.57. The Balaban J connectivity index is 2.04. The third-order valence-electron chi connectivity index (χ3n) is 2.46. The van der Waals surface area contributed by atoms with Gasteiger partial charge in [-0.2, -0.15) is 0 Å². The summed E-state index contributed by atoms with van der Waals surface area (Å²) in [6.07, 6.45) is 0.293. The average molecular weight is 267 g/mol. The molecule has 0 saturated heterocycles. The van der Waals surface area contributed by atoms with E-state index < -0.39 is 15.9 Å². The fraction of sp³-hybridized carbons (Fsp3) is 0.250. The van der Waals surface area contributed by atoms with E-state index in [1.807, 2.05) is 0 Å². The van der Waals surface area contributed by atoms with Gasteiger partial charge in [-0.25, -0.2) is 8.42 Å². The van der Waals surface area contributed by atoms with E-state index in [0.29, 0.717) is 11.3 Å². The lowest BCUT2D eigenvalue weighted by Gasteiger charge is -2.10. The van der Waals surface area contributed by atoms with Crippen LogP contribution in [0.15, 0.2) is 47.2 Å². The molecule has 0 radical (unpaired) electrons. The maximum absolute atomic E-state index is 11.8. The second-order valence-electron chi connectivity index (χ2n) is 3.97. The topological polar surface area (TPSA) is 80.4 Å². The van der Waals surface area contributed by atoms with Gasteiger partial charge in [0.15, 0.2) is 9.84 Å². The molecule has 1 heterocycles. The summed E-state index contributed by atoms with van der Waals surface area (Å²) >= 11 is 0. The second-order valence-corrected chi connectivity index (χ2v) is 6.08. The Morgan fingerprint density at radius 3 is 2.56 bits per heavy atom. The van der Waals surface area contributed by atoms with Crippen LogP contribution in [0.5, 0.6) is 0 Å². The first kappa shape index (κ1) is 12.8. The average Bonchev–Trinajstić information content (AvgIpc) is 2.81. The van der Waals surface area contributed by atoms with Crippen LogP contribution >= 0.6 is 0 Å². The Morgan fingerprint density at radius 1 is 1.22 bits per heavy atom. The molecule has 18 heavy (non-hydrogen) atoms. The van der Waals surface area contributed by atoms with E-state index in [1.54, 1.807) is 30.3 Å². The molecule has 1 aromatic carbocycles. The number of hydrogen-bond acceptors (Lipinski definition) is 5. The highest BCUT2D eigenvalue weighted by molar-refractivity contribution is 7.90. The van der Waals surface area contributed by atoms with E-state index in [9.17, 15) is 13.5 Å². The Morgan fingerprint density at radius 2 is 1.94 bits per heavy atom. The van der Waals surface area contributed by atoms with Gasteiger partial charge in [0.25, 0.3) is 0 Å². The third kappa shape index (κ3) is 3.41. The van der Waals surface area contributed by atoms with E-state index in [1.165, 1.54) is 12.3 Å². The van der Waals surface area contributed by atoms with Gasteiger partial charge in [-0.05, 0) is 5.56 Å². The van der Waals surface area contributed by atoms with Gasteiger partial charge in [0.1, 0.15) is 6.26 Å². The predicted molar refractivity (Wildman–Crippen MR) is 65.4 cm³/mol. The number of rotatable bonds is 5. The van der Waals surface area contributed by atoms with Gasteiger partial charge >= 0.3 is 0 Å². The van der Waals surface area contributed by atoms with Crippen molar-refractivity contribution < 1.29 is 18.0 Å². The Kier molecular flexibility index (Phi) is 3.78. The maximum Gasteiger partial charge on any atom is 0.159 e. The van der Waals surface area contributed by atoms with Crippen molar-refractivity contribution in [1.29, 1.82) is 0 Å². The number of sulfone groups is 1. The Hall–Kier alpha value is -1.66. The fourth-order valence-electron chi connectivity index (χ4n) is 1.61. The van der Waals surface area contributed by atoms with Crippen molar-refractivity contribution in [3.63, 3.8) is 0 Å². The molecule has 2 aromatic rings. The summed E-state index contributed by atoms with van der Waals surface area (Å²) in [6, 6.07) is 10.2. The van der Waals surface area contributed by atoms with Gasteiger partial charge in [-0.1, -0.05) is 35.5 Å². The van der Waals surface area contributed by atoms with E-state index in [-0.39, 0.29) is 11.5 Å². The highest BCUT2D eigenvalue weighted by Gasteiger charge is 2.20. The number of aromatic nitrogens is 1. The van der Waals surface area contributed by atoms with Gasteiger partial charge in [0.05, 0.1) is 23.3 Å². The lowest BCUT2D eigenvalue weighted by molar-refractivity contribution is 0.201. The van der Waals surface area contributed by atoms with Gasteiger partial charge in [0, 0.05) is 6.07 Å². The molecule has 1 aromatic heterocycles. The van der Waals surface area contributed by atoms with Crippen LogP contribution in [0.25, 0.3) is 0 Å². The van der Waals surface area contributed by atoms with E-state index in [4.69, 9.17) is 0 Å². The molecule has 0 aliphatic carbocycles. The molecule has 2 rings (SSSR count). The van der Waals surface area contributed by atoms with Gasteiger partial charge in [-0.3, -0.25) is 0 Å².